The number of β-lactam (4-membered cyclic amide) rings is 1. The van der Waals surface area contributed by atoms with Crippen molar-refractivity contribution >= 4 is 66.9 Å². The molecule has 0 saturated carbocycles. The molecule has 2 aromatic heterocycles. The predicted molar refractivity (Wildman–Crippen MR) is 153 cm³/mol. The number of nitrogens with zero attached hydrogens (tertiary/aromatic N) is 4. The Kier molecular flexibility index (Phi) is 8.31. The Hall–Kier alpha value is -4.59. The number of aromatic nitrogens is 2. The number of carboxylic acids is 1. The highest BCUT2D eigenvalue weighted by atomic mass is 32.2. The molecular weight excluding hydrogens is 608 g/mol. The highest BCUT2D eigenvalue weighted by molar-refractivity contribution is 7.84. The van der Waals surface area contributed by atoms with Crippen LogP contribution < -0.4 is 26.4 Å². The van der Waals surface area contributed by atoms with Crippen molar-refractivity contribution in [3.63, 3.8) is 0 Å². The molecule has 0 spiro atoms. The topological polar surface area (TPSA) is 248 Å². The Bertz CT molecular complexity index is 1710. The fourth-order valence-electron chi connectivity index (χ4n) is 4.29. The van der Waals surface area contributed by atoms with Gasteiger partial charge < -0.3 is 36.4 Å². The summed E-state index contributed by atoms with van der Waals surface area (Å²) in [5.41, 5.74) is 5.06. The van der Waals surface area contributed by atoms with Gasteiger partial charge in [-0.1, -0.05) is 5.16 Å². The zero-order valence-corrected chi connectivity index (χ0v) is 24.0. The quantitative estimate of drug-likeness (QED) is 0.0632. The highest BCUT2D eigenvalue weighted by Gasteiger charge is 2.51. The average molecular weight is 635 g/mol. The van der Waals surface area contributed by atoms with Gasteiger partial charge in [0, 0.05) is 30.1 Å². The number of nitrogens with two attached hydrogens (primary N) is 1. The maximum Gasteiger partial charge on any atom is 0.362 e. The highest BCUT2D eigenvalue weighted by Crippen LogP contribution is 2.27. The van der Waals surface area contributed by atoms with Gasteiger partial charge in [0.15, 0.2) is 10.8 Å². The van der Waals surface area contributed by atoms with Crippen LogP contribution in [-0.4, -0.2) is 99.8 Å². The number of carbonyl (C=O) groups is 3. The number of hydrogen-bond donors (Lipinski definition) is 6. The van der Waals surface area contributed by atoms with E-state index in [1.165, 1.54) is 12.3 Å². The number of carboxylic acid groups (broad SMARTS) is 1. The molecule has 2 fully saturated rings. The van der Waals surface area contributed by atoms with Crippen LogP contribution in [-0.2, 0) is 29.5 Å². The first-order chi connectivity index (χ1) is 20.4. The molecule has 4 heterocycles. The van der Waals surface area contributed by atoms with Crippen LogP contribution in [0.5, 0.6) is 5.75 Å². The number of pyridine rings is 1. The van der Waals surface area contributed by atoms with Gasteiger partial charge in [0.05, 0.1) is 12.1 Å². The Balaban J connectivity index is 1.29. The van der Waals surface area contributed by atoms with Crippen molar-refractivity contribution in [2.24, 2.45) is 5.16 Å². The Morgan fingerprint density at radius 3 is 2.70 bits per heavy atom. The van der Waals surface area contributed by atoms with Gasteiger partial charge in [-0.05, 0) is 36.6 Å². The molecule has 0 bridgehead atoms. The zero-order chi connectivity index (χ0) is 30.9. The third-order valence-electron chi connectivity index (χ3n) is 6.66. The van der Waals surface area contributed by atoms with Crippen LogP contribution in [0.1, 0.15) is 12.6 Å². The van der Waals surface area contributed by atoms with Crippen molar-refractivity contribution in [3.8, 4) is 5.75 Å². The average Bonchev–Trinajstić information content (AvgIpc) is 3.35. The fraction of sp³-hybridized carbons (Fsp3) is 0.333. The van der Waals surface area contributed by atoms with Crippen LogP contribution in [0.4, 0.5) is 10.9 Å². The molecular formula is C24H26N8O9S2. The molecule has 43 heavy (non-hydrogen) atoms. The number of amides is 2. The number of anilines is 2. The molecule has 17 nitrogen and oxygen atoms in total. The van der Waals surface area contributed by atoms with E-state index in [1.54, 1.807) is 30.5 Å². The lowest BCUT2D eigenvalue weighted by Crippen LogP contribution is -2.71. The van der Waals surface area contributed by atoms with Gasteiger partial charge in [-0.15, -0.1) is 11.3 Å². The van der Waals surface area contributed by atoms with Gasteiger partial charge in [-0.2, -0.15) is 8.42 Å². The minimum absolute atomic E-state index is 0.0634. The van der Waals surface area contributed by atoms with Gasteiger partial charge in [-0.3, -0.25) is 14.1 Å². The van der Waals surface area contributed by atoms with Crippen LogP contribution in [0.3, 0.4) is 0 Å². The minimum atomic E-state index is -4.82. The second-order valence-electron chi connectivity index (χ2n) is 9.60. The molecule has 1 aromatic carbocycles. The number of ether oxygens (including phenoxy) is 1. The first-order valence-corrected chi connectivity index (χ1v) is 15.0. The third-order valence-corrected chi connectivity index (χ3v) is 8.34. The first-order valence-electron chi connectivity index (χ1n) is 12.7. The summed E-state index contributed by atoms with van der Waals surface area (Å²) in [6.07, 6.45) is -0.0245. The molecule has 1 unspecified atom stereocenters. The largest absolute Gasteiger partial charge is 0.489 e. The molecule has 2 amide bonds. The van der Waals surface area contributed by atoms with E-state index in [2.05, 4.69) is 31.1 Å². The second kappa shape index (κ2) is 12.0. The van der Waals surface area contributed by atoms with Gasteiger partial charge >= 0.3 is 16.3 Å². The third kappa shape index (κ3) is 6.43. The van der Waals surface area contributed by atoms with Crippen LogP contribution >= 0.6 is 11.3 Å². The van der Waals surface area contributed by atoms with Gasteiger partial charge in [-0.25, -0.2) is 19.1 Å². The predicted octanol–water partition coefficient (Wildman–Crippen LogP) is -0.572. The summed E-state index contributed by atoms with van der Waals surface area (Å²) >= 11 is 0.961. The summed E-state index contributed by atoms with van der Waals surface area (Å²) in [4.78, 5) is 50.7. The Labute approximate surface area is 247 Å². The van der Waals surface area contributed by atoms with E-state index in [-0.39, 0.29) is 21.2 Å². The number of nitrogen functional groups attached to an aromatic ring is 1. The molecule has 3 atom stereocenters. The number of rotatable bonds is 12. The van der Waals surface area contributed by atoms with E-state index in [4.69, 9.17) is 15.3 Å². The van der Waals surface area contributed by atoms with Gasteiger partial charge in [0.25, 0.3) is 17.9 Å². The molecule has 0 aliphatic carbocycles. The summed E-state index contributed by atoms with van der Waals surface area (Å²) in [6, 6.07) is 4.80. The van der Waals surface area contributed by atoms with Gasteiger partial charge in [0.1, 0.15) is 29.9 Å². The van der Waals surface area contributed by atoms with Crippen molar-refractivity contribution in [1.82, 2.24) is 24.9 Å². The summed E-state index contributed by atoms with van der Waals surface area (Å²) in [5, 5.41) is 25.3. The number of aliphatic carboxylic acids is 1. The molecule has 5 rings (SSSR count). The van der Waals surface area contributed by atoms with E-state index in [0.29, 0.717) is 11.6 Å². The number of thiazole rings is 1. The zero-order valence-electron chi connectivity index (χ0n) is 22.3. The van der Waals surface area contributed by atoms with Crippen molar-refractivity contribution in [3.05, 3.63) is 41.5 Å². The smallest absolute Gasteiger partial charge is 0.362 e. The lowest BCUT2D eigenvalue weighted by molar-refractivity contribution is -0.152. The fourth-order valence-corrected chi connectivity index (χ4v) is 5.72. The Morgan fingerprint density at radius 2 is 2.09 bits per heavy atom. The van der Waals surface area contributed by atoms with Crippen molar-refractivity contribution < 1.29 is 42.0 Å². The normalized spacial score (nSPS) is 19.7. The van der Waals surface area contributed by atoms with E-state index in [1.807, 2.05) is 0 Å². The molecule has 2 aliphatic rings. The van der Waals surface area contributed by atoms with E-state index in [0.717, 1.165) is 35.2 Å². The standard InChI is InChI=1S/C24H26N8O9S2/c1-11-18(22(34)32(11)43(37,38)39)30-21(33)19(16-10-42-24(25)29-16)31-41-17(23(35)36)9-40-14-2-3-15-12(6-14)4-5-27-20(15)28-13-7-26-8-13/h2-6,10-11,13,17-18,26H,7-9H2,1H3,(H2,25,29)(H,27,28)(H,30,33)(H,35,36)(H,37,38,39)/b31-19-/t11-,17-,18?/m0/s1. The summed E-state index contributed by atoms with van der Waals surface area (Å²) in [7, 11) is -4.82. The van der Waals surface area contributed by atoms with Gasteiger partial charge in [0.2, 0.25) is 0 Å². The first kappa shape index (κ1) is 29.9. The number of fused-ring (bicyclic) bond motifs is 1. The van der Waals surface area contributed by atoms with Crippen LogP contribution in [0.25, 0.3) is 10.8 Å². The Morgan fingerprint density at radius 1 is 1.33 bits per heavy atom. The van der Waals surface area contributed by atoms with Crippen LogP contribution in [0.15, 0.2) is 41.0 Å². The number of benzene rings is 1. The molecule has 2 saturated heterocycles. The van der Waals surface area contributed by atoms with Crippen molar-refractivity contribution in [1.29, 1.82) is 0 Å². The van der Waals surface area contributed by atoms with E-state index in [9.17, 15) is 32.5 Å². The lowest BCUT2D eigenvalue weighted by Gasteiger charge is -2.42. The van der Waals surface area contributed by atoms with Crippen molar-refractivity contribution in [2.45, 2.75) is 31.2 Å². The molecule has 19 heteroatoms. The lowest BCUT2D eigenvalue weighted by atomic mass is 10.0. The summed E-state index contributed by atoms with van der Waals surface area (Å²) in [5.74, 6) is -2.49. The molecule has 2 aliphatic heterocycles. The number of hydrogen-bond acceptors (Lipinski definition) is 14. The molecule has 0 radical (unpaired) electrons. The summed E-state index contributed by atoms with van der Waals surface area (Å²) in [6.45, 7) is 2.46. The number of nitrogens with one attached hydrogen (secondary N) is 3. The van der Waals surface area contributed by atoms with Crippen molar-refractivity contribution in [2.75, 3.05) is 30.7 Å². The minimum Gasteiger partial charge on any atom is -0.489 e. The van der Waals surface area contributed by atoms with Crippen LogP contribution in [0.2, 0.25) is 0 Å². The number of oxime groups is 1. The van der Waals surface area contributed by atoms with E-state index >= 15 is 0 Å². The second-order valence-corrected chi connectivity index (χ2v) is 11.8. The van der Waals surface area contributed by atoms with E-state index < -0.39 is 58.6 Å². The molecule has 3 aromatic rings. The maximum absolute atomic E-state index is 13.0. The summed E-state index contributed by atoms with van der Waals surface area (Å²) < 4.78 is 37.8. The maximum atomic E-state index is 13.0. The SMILES string of the molecule is C[C@H]1C(NC(=O)/C(=N\O[C@@H](COc2ccc3c(NC4CNC4)nccc3c2)C(=O)O)c2csc(N)n2)C(=O)N1S(=O)(=O)O. The van der Waals surface area contributed by atoms with Crippen LogP contribution in [0, 0.1) is 0 Å². The monoisotopic (exact) mass is 634 g/mol. The number of carbonyl (C=O) groups excluding carboxylic acids is 2. The molecule has 228 valence electrons. The molecule has 7 N–H and O–H groups in total.